The fourth-order valence-electron chi connectivity index (χ4n) is 1.63. The highest BCUT2D eigenvalue weighted by Crippen LogP contribution is 2.36. The monoisotopic (exact) mass is 312 g/mol. The molecule has 0 saturated carbocycles. The van der Waals surface area contributed by atoms with Crippen LogP contribution in [0.15, 0.2) is 18.3 Å². The zero-order chi connectivity index (χ0) is 14.7. The number of amides is 1. The Morgan fingerprint density at radius 3 is 2.65 bits per heavy atom. The molecule has 20 heavy (non-hydrogen) atoms. The lowest BCUT2D eigenvalue weighted by atomic mass is 10.2. The molecular formula is C13H13ClN2O3S. The van der Waals surface area contributed by atoms with E-state index in [0.717, 1.165) is 4.88 Å². The molecule has 0 aliphatic rings. The van der Waals surface area contributed by atoms with Gasteiger partial charge < -0.3 is 9.47 Å². The number of methoxy groups -OCH3 is 2. The molecule has 0 spiro atoms. The molecule has 0 aliphatic carbocycles. The van der Waals surface area contributed by atoms with Crippen LogP contribution in [0.2, 0.25) is 5.02 Å². The number of nitrogens with zero attached hydrogens (tertiary/aromatic N) is 1. The number of rotatable bonds is 4. The third-order valence-corrected chi connectivity index (χ3v) is 3.65. The van der Waals surface area contributed by atoms with Gasteiger partial charge >= 0.3 is 0 Å². The Hall–Kier alpha value is -1.79. The first-order valence-electron chi connectivity index (χ1n) is 5.70. The zero-order valence-corrected chi connectivity index (χ0v) is 12.8. The van der Waals surface area contributed by atoms with Crippen molar-refractivity contribution in [1.29, 1.82) is 0 Å². The summed E-state index contributed by atoms with van der Waals surface area (Å²) >= 11 is 7.47. The molecular weight excluding hydrogens is 300 g/mol. The third kappa shape index (κ3) is 3.02. The van der Waals surface area contributed by atoms with Crippen LogP contribution in [0.25, 0.3) is 0 Å². The Labute approximate surface area is 125 Å². The molecule has 106 valence electrons. The lowest BCUT2D eigenvalue weighted by Crippen LogP contribution is -2.12. The number of halogens is 1. The largest absolute Gasteiger partial charge is 0.493 e. The number of hydrogen-bond acceptors (Lipinski definition) is 5. The van der Waals surface area contributed by atoms with E-state index in [1.807, 2.05) is 6.92 Å². The minimum Gasteiger partial charge on any atom is -0.493 e. The van der Waals surface area contributed by atoms with E-state index < -0.39 is 0 Å². The number of anilines is 1. The van der Waals surface area contributed by atoms with Gasteiger partial charge in [-0.05, 0) is 19.1 Å². The molecule has 0 unspecified atom stereocenters. The van der Waals surface area contributed by atoms with Crippen LogP contribution in [0.4, 0.5) is 5.13 Å². The molecule has 1 heterocycles. The molecule has 1 amide bonds. The van der Waals surface area contributed by atoms with Gasteiger partial charge in [0, 0.05) is 16.6 Å². The van der Waals surface area contributed by atoms with Crippen LogP contribution in [-0.4, -0.2) is 25.1 Å². The van der Waals surface area contributed by atoms with Gasteiger partial charge in [-0.15, -0.1) is 11.3 Å². The van der Waals surface area contributed by atoms with Gasteiger partial charge in [-0.3, -0.25) is 10.1 Å². The second kappa shape index (κ2) is 6.11. The number of aryl methyl sites for hydroxylation is 1. The second-order valence-corrected chi connectivity index (χ2v) is 5.57. The lowest BCUT2D eigenvalue weighted by Gasteiger charge is -2.11. The van der Waals surface area contributed by atoms with Crippen molar-refractivity contribution in [3.05, 3.63) is 33.8 Å². The SMILES string of the molecule is COc1cc(C(=O)Nc2ncc(C)s2)cc(Cl)c1OC. The molecule has 0 bridgehead atoms. The van der Waals surface area contributed by atoms with Crippen molar-refractivity contribution >= 4 is 34.0 Å². The van der Waals surface area contributed by atoms with Crippen LogP contribution >= 0.6 is 22.9 Å². The van der Waals surface area contributed by atoms with Gasteiger partial charge in [-0.1, -0.05) is 11.6 Å². The van der Waals surface area contributed by atoms with Crippen LogP contribution in [0.3, 0.4) is 0 Å². The van der Waals surface area contributed by atoms with Crippen molar-refractivity contribution in [2.75, 3.05) is 19.5 Å². The van der Waals surface area contributed by atoms with Gasteiger partial charge in [0.15, 0.2) is 16.6 Å². The number of nitrogens with one attached hydrogen (secondary N) is 1. The minimum absolute atomic E-state index is 0.304. The third-order valence-electron chi connectivity index (χ3n) is 2.54. The summed E-state index contributed by atoms with van der Waals surface area (Å²) in [5, 5.41) is 3.56. The van der Waals surface area contributed by atoms with E-state index in [1.165, 1.54) is 31.6 Å². The summed E-state index contributed by atoms with van der Waals surface area (Å²) in [6.45, 7) is 1.92. The van der Waals surface area contributed by atoms with Gasteiger partial charge in [0.1, 0.15) is 0 Å². The van der Waals surface area contributed by atoms with E-state index in [-0.39, 0.29) is 5.91 Å². The summed E-state index contributed by atoms with van der Waals surface area (Å²) in [6, 6.07) is 3.10. The van der Waals surface area contributed by atoms with Gasteiger partial charge in [0.2, 0.25) is 0 Å². The van der Waals surface area contributed by atoms with Crippen LogP contribution < -0.4 is 14.8 Å². The van der Waals surface area contributed by atoms with Crippen molar-refractivity contribution in [1.82, 2.24) is 4.98 Å². The summed E-state index contributed by atoms with van der Waals surface area (Å²) in [5.41, 5.74) is 0.375. The number of thiazole rings is 1. The summed E-state index contributed by atoms with van der Waals surface area (Å²) in [7, 11) is 2.97. The predicted molar refractivity (Wildman–Crippen MR) is 79.4 cm³/mol. The number of ether oxygens (including phenoxy) is 2. The summed E-state index contributed by atoms with van der Waals surface area (Å²) in [4.78, 5) is 17.2. The molecule has 0 fully saturated rings. The summed E-state index contributed by atoms with van der Waals surface area (Å²) < 4.78 is 10.3. The molecule has 1 N–H and O–H groups in total. The molecule has 0 radical (unpaired) electrons. The molecule has 0 atom stereocenters. The smallest absolute Gasteiger partial charge is 0.257 e. The fourth-order valence-corrected chi connectivity index (χ4v) is 2.58. The van der Waals surface area contributed by atoms with Crippen LogP contribution in [-0.2, 0) is 0 Å². The Balaban J connectivity index is 2.28. The molecule has 5 nitrogen and oxygen atoms in total. The van der Waals surface area contributed by atoms with Gasteiger partial charge in [-0.2, -0.15) is 0 Å². The van der Waals surface area contributed by atoms with Gasteiger partial charge in [0.05, 0.1) is 19.2 Å². The number of benzene rings is 1. The highest BCUT2D eigenvalue weighted by atomic mass is 35.5. The average Bonchev–Trinajstić information content (AvgIpc) is 2.82. The molecule has 2 rings (SSSR count). The van der Waals surface area contributed by atoms with E-state index in [0.29, 0.717) is 27.2 Å². The van der Waals surface area contributed by atoms with Crippen molar-refractivity contribution in [3.63, 3.8) is 0 Å². The van der Waals surface area contributed by atoms with Crippen molar-refractivity contribution in [3.8, 4) is 11.5 Å². The van der Waals surface area contributed by atoms with Crippen molar-refractivity contribution in [2.24, 2.45) is 0 Å². The quantitative estimate of drug-likeness (QED) is 0.940. The Bertz CT molecular complexity index is 643. The van der Waals surface area contributed by atoms with E-state index in [2.05, 4.69) is 10.3 Å². The Morgan fingerprint density at radius 1 is 1.35 bits per heavy atom. The number of carbonyl (C=O) groups excluding carboxylic acids is 1. The normalized spacial score (nSPS) is 10.2. The highest BCUT2D eigenvalue weighted by Gasteiger charge is 2.16. The van der Waals surface area contributed by atoms with Crippen LogP contribution in [0.1, 0.15) is 15.2 Å². The van der Waals surface area contributed by atoms with E-state index >= 15 is 0 Å². The number of carbonyl (C=O) groups is 1. The number of aromatic nitrogens is 1. The number of hydrogen-bond donors (Lipinski definition) is 1. The van der Waals surface area contributed by atoms with E-state index in [1.54, 1.807) is 12.3 Å². The van der Waals surface area contributed by atoms with Crippen LogP contribution in [0, 0.1) is 6.92 Å². The maximum absolute atomic E-state index is 12.1. The van der Waals surface area contributed by atoms with Crippen molar-refractivity contribution < 1.29 is 14.3 Å². The molecule has 1 aromatic carbocycles. The second-order valence-electron chi connectivity index (χ2n) is 3.92. The standard InChI is InChI=1S/C13H13ClN2O3S/c1-7-6-15-13(20-7)16-12(17)8-4-9(14)11(19-3)10(5-8)18-2/h4-6H,1-3H3,(H,15,16,17). The first kappa shape index (κ1) is 14.6. The average molecular weight is 313 g/mol. The van der Waals surface area contributed by atoms with Gasteiger partial charge in [-0.25, -0.2) is 4.98 Å². The molecule has 0 saturated heterocycles. The first-order valence-corrected chi connectivity index (χ1v) is 6.90. The Morgan fingerprint density at radius 2 is 2.10 bits per heavy atom. The molecule has 7 heteroatoms. The first-order chi connectivity index (χ1) is 9.55. The maximum atomic E-state index is 12.1. The van der Waals surface area contributed by atoms with Crippen molar-refractivity contribution in [2.45, 2.75) is 6.92 Å². The van der Waals surface area contributed by atoms with E-state index in [9.17, 15) is 4.79 Å². The fraction of sp³-hybridized carbons (Fsp3) is 0.231. The molecule has 1 aromatic heterocycles. The molecule has 2 aromatic rings. The van der Waals surface area contributed by atoms with E-state index in [4.69, 9.17) is 21.1 Å². The zero-order valence-electron chi connectivity index (χ0n) is 11.2. The summed E-state index contributed by atoms with van der Waals surface area (Å²) in [5.74, 6) is 0.499. The topological polar surface area (TPSA) is 60.5 Å². The Kier molecular flexibility index (Phi) is 4.46. The van der Waals surface area contributed by atoms with Gasteiger partial charge in [0.25, 0.3) is 5.91 Å². The highest BCUT2D eigenvalue weighted by molar-refractivity contribution is 7.15. The maximum Gasteiger partial charge on any atom is 0.257 e. The van der Waals surface area contributed by atoms with Crippen LogP contribution in [0.5, 0.6) is 11.5 Å². The minimum atomic E-state index is -0.304. The predicted octanol–water partition coefficient (Wildman–Crippen LogP) is 3.37. The molecule has 0 aliphatic heterocycles. The summed E-state index contributed by atoms with van der Waals surface area (Å²) in [6.07, 6.45) is 1.70. The lowest BCUT2D eigenvalue weighted by molar-refractivity contribution is 0.102.